The molecule has 0 radical (unpaired) electrons. The Morgan fingerprint density at radius 1 is 1.06 bits per heavy atom. The number of hydrogen-bond donors (Lipinski definition) is 0. The SMILES string of the molecule is Cc1ccc(N2C(=O)[C@H]3N=NN(Cc4nc(-c5cccc(Cl)c5)no4)[C@H]3C2=O)cc1C. The van der Waals surface area contributed by atoms with Crippen molar-refractivity contribution in [1.29, 1.82) is 0 Å². The van der Waals surface area contributed by atoms with Crippen molar-refractivity contribution in [1.82, 2.24) is 15.1 Å². The van der Waals surface area contributed by atoms with Gasteiger partial charge in [-0.15, -0.1) is 0 Å². The van der Waals surface area contributed by atoms with E-state index in [1.165, 1.54) is 9.91 Å². The van der Waals surface area contributed by atoms with E-state index in [0.717, 1.165) is 11.1 Å². The molecule has 2 aromatic carbocycles. The molecule has 3 heterocycles. The van der Waals surface area contributed by atoms with Gasteiger partial charge in [0.05, 0.1) is 5.69 Å². The Labute approximate surface area is 182 Å². The van der Waals surface area contributed by atoms with E-state index in [2.05, 4.69) is 20.5 Å². The number of carbonyl (C=O) groups excluding carboxylic acids is 2. The van der Waals surface area contributed by atoms with Crippen LogP contribution >= 0.6 is 11.6 Å². The summed E-state index contributed by atoms with van der Waals surface area (Å²) in [6, 6.07) is 10.8. The van der Waals surface area contributed by atoms with Crippen molar-refractivity contribution in [2.75, 3.05) is 4.90 Å². The van der Waals surface area contributed by atoms with E-state index < -0.39 is 18.0 Å². The first kappa shape index (κ1) is 19.4. The van der Waals surface area contributed by atoms with Crippen molar-refractivity contribution in [3.8, 4) is 11.4 Å². The highest BCUT2D eigenvalue weighted by molar-refractivity contribution is 6.30. The Hall–Kier alpha value is -3.59. The van der Waals surface area contributed by atoms with Crippen molar-refractivity contribution in [3.63, 3.8) is 0 Å². The lowest BCUT2D eigenvalue weighted by molar-refractivity contribution is -0.123. The lowest BCUT2D eigenvalue weighted by Crippen LogP contribution is -2.39. The van der Waals surface area contributed by atoms with Gasteiger partial charge in [-0.3, -0.25) is 14.6 Å². The number of rotatable bonds is 4. The summed E-state index contributed by atoms with van der Waals surface area (Å²) in [6.07, 6.45) is 0. The summed E-state index contributed by atoms with van der Waals surface area (Å²) >= 11 is 6.02. The van der Waals surface area contributed by atoms with Gasteiger partial charge < -0.3 is 4.52 Å². The monoisotopic (exact) mass is 436 g/mol. The fourth-order valence-corrected chi connectivity index (χ4v) is 3.87. The fraction of sp³-hybridized carbons (Fsp3) is 0.238. The molecule has 0 N–H and O–H groups in total. The number of aromatic nitrogens is 2. The van der Waals surface area contributed by atoms with Gasteiger partial charge in [-0.05, 0) is 49.2 Å². The first-order valence-electron chi connectivity index (χ1n) is 9.63. The Morgan fingerprint density at radius 3 is 2.68 bits per heavy atom. The average molecular weight is 437 g/mol. The summed E-state index contributed by atoms with van der Waals surface area (Å²) < 4.78 is 5.31. The van der Waals surface area contributed by atoms with E-state index in [4.69, 9.17) is 16.1 Å². The topological polar surface area (TPSA) is 104 Å². The zero-order chi connectivity index (χ0) is 21.7. The molecule has 0 saturated carbocycles. The lowest BCUT2D eigenvalue weighted by Gasteiger charge is -2.19. The van der Waals surface area contributed by atoms with Gasteiger partial charge in [-0.2, -0.15) is 10.1 Å². The maximum absolute atomic E-state index is 13.1. The smallest absolute Gasteiger partial charge is 0.263 e. The number of hydrogen-bond acceptors (Lipinski definition) is 8. The summed E-state index contributed by atoms with van der Waals surface area (Å²) in [5, 5.41) is 14.0. The molecule has 0 unspecified atom stereocenters. The molecule has 5 rings (SSSR count). The molecule has 10 heteroatoms. The van der Waals surface area contributed by atoms with Crippen LogP contribution in [0.15, 0.2) is 57.3 Å². The Balaban J connectivity index is 1.37. The number of aryl methyl sites for hydroxylation is 2. The minimum absolute atomic E-state index is 0.0536. The predicted molar refractivity (Wildman–Crippen MR) is 111 cm³/mol. The minimum atomic E-state index is -0.885. The van der Waals surface area contributed by atoms with E-state index in [0.29, 0.717) is 22.1 Å². The van der Waals surface area contributed by atoms with E-state index in [1.807, 2.05) is 32.0 Å². The molecule has 2 atom stereocenters. The number of nitrogens with zero attached hydrogens (tertiary/aromatic N) is 6. The number of imide groups is 1. The normalized spacial score (nSPS) is 20.1. The van der Waals surface area contributed by atoms with Gasteiger partial charge in [0, 0.05) is 10.6 Å². The van der Waals surface area contributed by atoms with Crippen LogP contribution in [-0.4, -0.2) is 39.0 Å². The van der Waals surface area contributed by atoms with Crippen molar-refractivity contribution >= 4 is 29.1 Å². The lowest BCUT2D eigenvalue weighted by atomic mass is 10.1. The maximum Gasteiger partial charge on any atom is 0.263 e. The molecule has 1 aromatic heterocycles. The molecule has 1 saturated heterocycles. The van der Waals surface area contributed by atoms with E-state index in [9.17, 15) is 9.59 Å². The summed E-state index contributed by atoms with van der Waals surface area (Å²) in [5.74, 6) is -0.150. The first-order valence-corrected chi connectivity index (χ1v) is 10.0. The minimum Gasteiger partial charge on any atom is -0.337 e. The highest BCUT2D eigenvalue weighted by atomic mass is 35.5. The number of benzene rings is 2. The van der Waals surface area contributed by atoms with Crippen molar-refractivity contribution in [3.05, 3.63) is 64.5 Å². The molecular weight excluding hydrogens is 420 g/mol. The summed E-state index contributed by atoms with van der Waals surface area (Å²) in [6.45, 7) is 3.96. The van der Waals surface area contributed by atoms with Crippen molar-refractivity contribution in [2.45, 2.75) is 32.5 Å². The number of fused-ring (bicyclic) bond motifs is 1. The molecule has 9 nitrogen and oxygen atoms in total. The third-order valence-corrected chi connectivity index (χ3v) is 5.69. The fourth-order valence-electron chi connectivity index (χ4n) is 3.68. The number of amides is 2. The van der Waals surface area contributed by atoms with Crippen LogP contribution in [0.4, 0.5) is 5.69 Å². The standard InChI is InChI=1S/C21H17ClN6O3/c1-11-6-7-15(8-12(11)2)28-20(29)17-18(21(28)30)27(26-24-17)10-16-23-19(25-31-16)13-4-3-5-14(22)9-13/h3-9,17-18H,10H2,1-2H3/t17-,18+/m0/s1. The molecule has 3 aromatic rings. The van der Waals surface area contributed by atoms with Crippen LogP contribution in [0.3, 0.4) is 0 Å². The van der Waals surface area contributed by atoms with Crippen LogP contribution < -0.4 is 4.90 Å². The summed E-state index contributed by atoms with van der Waals surface area (Å²) in [4.78, 5) is 31.5. The van der Waals surface area contributed by atoms with E-state index in [-0.39, 0.29) is 18.3 Å². The van der Waals surface area contributed by atoms with E-state index in [1.54, 1.807) is 24.3 Å². The van der Waals surface area contributed by atoms with Gasteiger partial charge in [-0.25, -0.2) is 4.90 Å². The molecule has 0 aliphatic carbocycles. The highest BCUT2D eigenvalue weighted by Gasteiger charge is 2.55. The summed E-state index contributed by atoms with van der Waals surface area (Å²) in [5.41, 5.74) is 3.31. The van der Waals surface area contributed by atoms with Crippen LogP contribution in [-0.2, 0) is 16.1 Å². The molecule has 2 aliphatic heterocycles. The van der Waals surface area contributed by atoms with Crippen LogP contribution in [0.1, 0.15) is 17.0 Å². The molecule has 2 amide bonds. The van der Waals surface area contributed by atoms with Crippen LogP contribution in [0, 0.1) is 13.8 Å². The van der Waals surface area contributed by atoms with Gasteiger partial charge >= 0.3 is 0 Å². The molecule has 1 fully saturated rings. The third kappa shape index (κ3) is 3.27. The van der Waals surface area contributed by atoms with Gasteiger partial charge in [0.2, 0.25) is 11.7 Å². The molecule has 2 aliphatic rings. The Kier molecular flexibility index (Phi) is 4.55. The third-order valence-electron chi connectivity index (χ3n) is 5.45. The maximum atomic E-state index is 13.1. The van der Waals surface area contributed by atoms with Crippen LogP contribution in [0.25, 0.3) is 11.4 Å². The average Bonchev–Trinajstić information content (AvgIpc) is 3.43. The highest BCUT2D eigenvalue weighted by Crippen LogP contribution is 2.33. The largest absolute Gasteiger partial charge is 0.337 e. The molecule has 156 valence electrons. The Morgan fingerprint density at radius 2 is 1.90 bits per heavy atom. The van der Waals surface area contributed by atoms with Gasteiger partial charge in [0.1, 0.15) is 6.54 Å². The van der Waals surface area contributed by atoms with Gasteiger partial charge in [-0.1, -0.05) is 40.2 Å². The number of anilines is 1. The molecule has 31 heavy (non-hydrogen) atoms. The second kappa shape index (κ2) is 7.28. The van der Waals surface area contributed by atoms with Gasteiger partial charge in [0.25, 0.3) is 11.8 Å². The quantitative estimate of drug-likeness (QED) is 0.580. The van der Waals surface area contributed by atoms with Gasteiger partial charge in [0.15, 0.2) is 12.1 Å². The zero-order valence-electron chi connectivity index (χ0n) is 16.7. The van der Waals surface area contributed by atoms with Crippen molar-refractivity contribution < 1.29 is 14.1 Å². The molecule has 0 bridgehead atoms. The number of carbonyl (C=O) groups is 2. The molecular formula is C21H17ClN6O3. The molecule has 0 spiro atoms. The van der Waals surface area contributed by atoms with E-state index >= 15 is 0 Å². The zero-order valence-corrected chi connectivity index (χ0v) is 17.4. The summed E-state index contributed by atoms with van der Waals surface area (Å²) in [7, 11) is 0. The van der Waals surface area contributed by atoms with Crippen LogP contribution in [0.5, 0.6) is 0 Å². The van der Waals surface area contributed by atoms with Crippen LogP contribution in [0.2, 0.25) is 5.02 Å². The number of halogens is 1. The first-order chi connectivity index (χ1) is 14.9. The second-order valence-corrected chi connectivity index (χ2v) is 7.93. The van der Waals surface area contributed by atoms with Crippen molar-refractivity contribution in [2.24, 2.45) is 10.3 Å². The predicted octanol–water partition coefficient (Wildman–Crippen LogP) is 3.50. The Bertz CT molecular complexity index is 1240. The second-order valence-electron chi connectivity index (χ2n) is 7.49.